The van der Waals surface area contributed by atoms with Gasteiger partial charge in [-0.25, -0.2) is 4.98 Å². The first-order valence-electron chi connectivity index (χ1n) is 14.3. The molecule has 41 heavy (non-hydrogen) atoms. The third-order valence-corrected chi connectivity index (χ3v) is 9.65. The van der Waals surface area contributed by atoms with Crippen molar-refractivity contribution in [3.63, 3.8) is 0 Å². The van der Waals surface area contributed by atoms with E-state index < -0.39 is 6.61 Å². The van der Waals surface area contributed by atoms with E-state index in [1.54, 1.807) is 0 Å². The predicted octanol–water partition coefficient (Wildman–Crippen LogP) is 5.34. The van der Waals surface area contributed by atoms with Gasteiger partial charge in [-0.15, -0.1) is 11.8 Å². The number of fused-ring (bicyclic) bond motifs is 1. The molecule has 1 amide bonds. The molecule has 222 valence electrons. The highest BCUT2D eigenvalue weighted by atomic mass is 32.2. The molecule has 2 N–H and O–H groups in total. The number of carbonyl (C=O) groups is 1. The van der Waals surface area contributed by atoms with E-state index in [1.165, 1.54) is 11.8 Å². The largest absolute Gasteiger partial charge is 0.348 e. The molecular weight excluding hydrogens is 548 g/mol. The number of ether oxygens (including phenoxy) is 1. The summed E-state index contributed by atoms with van der Waals surface area (Å²) in [4.78, 5) is 37.0. The van der Waals surface area contributed by atoms with Crippen molar-refractivity contribution in [2.24, 2.45) is 5.92 Å². The number of rotatable bonds is 9. The minimum Gasteiger partial charge on any atom is -0.348 e. The molecule has 3 aromatic heterocycles. The van der Waals surface area contributed by atoms with Gasteiger partial charge in [-0.05, 0) is 83.2 Å². The van der Waals surface area contributed by atoms with Crippen molar-refractivity contribution in [1.82, 2.24) is 24.8 Å². The van der Waals surface area contributed by atoms with Crippen molar-refractivity contribution < 1.29 is 18.3 Å². The number of hydrogen-bond donors (Lipinski definition) is 2. The molecule has 0 aromatic carbocycles. The maximum Gasteiger partial charge on any atom is 0.345 e. The molecule has 8 nitrogen and oxygen atoms in total. The van der Waals surface area contributed by atoms with Gasteiger partial charge in [-0.3, -0.25) is 14.5 Å². The Morgan fingerprint density at radius 3 is 2.56 bits per heavy atom. The van der Waals surface area contributed by atoms with E-state index in [1.807, 2.05) is 45.4 Å². The number of thioether (sulfide) groups is 1. The van der Waals surface area contributed by atoms with Crippen molar-refractivity contribution in [3.05, 3.63) is 56.8 Å². The van der Waals surface area contributed by atoms with Crippen molar-refractivity contribution in [2.75, 3.05) is 19.3 Å². The SMILES string of the molecule is CSc1cc(C)[nH]c(=O)c1CNC(=O)c1c(C)n([C@H](C)C2CCC(N3CC(OC(F)F)C3)CC2)c2ncc(C)cc12. The summed E-state index contributed by atoms with van der Waals surface area (Å²) in [5.41, 5.74) is 4.37. The van der Waals surface area contributed by atoms with Gasteiger partial charge in [-0.1, -0.05) is 0 Å². The van der Waals surface area contributed by atoms with Crippen LogP contribution < -0.4 is 10.9 Å². The Kier molecular flexibility index (Phi) is 8.87. The van der Waals surface area contributed by atoms with Gasteiger partial charge in [0.15, 0.2) is 0 Å². The molecule has 0 unspecified atom stereocenters. The fraction of sp³-hybridized carbons (Fsp3) is 0.567. The summed E-state index contributed by atoms with van der Waals surface area (Å²) in [6.07, 6.45) is 7.45. The molecule has 11 heteroatoms. The monoisotopic (exact) mass is 587 g/mol. The standard InChI is InChI=1S/C30H39F2N5O3S/c1-16-10-23-26(29(39)34-13-24-25(41-5)11-17(2)35-28(24)38)19(4)37(27(23)33-12-16)18(3)20-6-8-21(9-7-20)36-14-22(15-36)40-30(31)32/h10-12,18,20-22,30H,6-9,13-15H2,1-5H3,(H,34,39)(H,35,38)/t18-,20?,21?/m1/s1. The zero-order valence-electron chi connectivity index (χ0n) is 24.3. The van der Waals surface area contributed by atoms with Crippen molar-refractivity contribution >= 4 is 28.7 Å². The quantitative estimate of drug-likeness (QED) is 0.328. The van der Waals surface area contributed by atoms with Gasteiger partial charge in [0, 0.05) is 65.1 Å². The average molecular weight is 588 g/mol. The van der Waals surface area contributed by atoms with Crippen LogP contribution in [0.3, 0.4) is 0 Å². The lowest BCUT2D eigenvalue weighted by Crippen LogP contribution is -2.57. The number of aromatic amines is 1. The Balaban J connectivity index is 1.33. The summed E-state index contributed by atoms with van der Waals surface area (Å²) >= 11 is 1.49. The van der Waals surface area contributed by atoms with Crippen LogP contribution in [-0.2, 0) is 11.3 Å². The Bertz CT molecular complexity index is 1480. The first-order chi connectivity index (χ1) is 19.6. The van der Waals surface area contributed by atoms with Gasteiger partial charge in [0.05, 0.1) is 11.7 Å². The van der Waals surface area contributed by atoms with Crippen LogP contribution in [0.5, 0.6) is 0 Å². The van der Waals surface area contributed by atoms with E-state index in [9.17, 15) is 18.4 Å². The molecule has 0 spiro atoms. The Morgan fingerprint density at radius 1 is 1.20 bits per heavy atom. The number of hydrogen-bond acceptors (Lipinski definition) is 6. The smallest absolute Gasteiger partial charge is 0.345 e. The minimum absolute atomic E-state index is 0.129. The zero-order valence-corrected chi connectivity index (χ0v) is 25.1. The zero-order chi connectivity index (χ0) is 29.4. The van der Waals surface area contributed by atoms with Crippen molar-refractivity contribution in [2.45, 2.75) is 89.6 Å². The second-order valence-corrected chi connectivity index (χ2v) is 12.4. The van der Waals surface area contributed by atoms with Crippen LogP contribution in [0.15, 0.2) is 28.0 Å². The maximum absolute atomic E-state index is 13.7. The van der Waals surface area contributed by atoms with E-state index in [-0.39, 0.29) is 30.2 Å². The Morgan fingerprint density at radius 2 is 1.90 bits per heavy atom. The molecule has 0 bridgehead atoms. The maximum atomic E-state index is 13.7. The molecule has 1 atom stereocenters. The number of aryl methyl sites for hydroxylation is 2. The molecule has 5 rings (SSSR count). The highest BCUT2D eigenvalue weighted by Crippen LogP contribution is 2.39. The number of carbonyl (C=O) groups excluding carboxylic acids is 1. The van der Waals surface area contributed by atoms with Gasteiger partial charge in [0.2, 0.25) is 0 Å². The lowest BCUT2D eigenvalue weighted by Gasteiger charge is -2.46. The number of halogens is 2. The molecule has 3 aromatic rings. The lowest BCUT2D eigenvalue weighted by atomic mass is 9.80. The molecular formula is C30H39F2N5O3S. The molecule has 2 aliphatic rings. The number of alkyl halides is 2. The third-order valence-electron chi connectivity index (χ3n) is 8.85. The fourth-order valence-corrected chi connectivity index (χ4v) is 7.36. The Labute approximate surface area is 243 Å². The van der Waals surface area contributed by atoms with Crippen LogP contribution in [0, 0.1) is 26.7 Å². The topological polar surface area (TPSA) is 92.2 Å². The average Bonchev–Trinajstić information content (AvgIpc) is 3.19. The van der Waals surface area contributed by atoms with Gasteiger partial charge >= 0.3 is 6.61 Å². The van der Waals surface area contributed by atoms with E-state index in [2.05, 4.69) is 31.4 Å². The first kappa shape index (κ1) is 29.7. The molecule has 2 fully saturated rings. The summed E-state index contributed by atoms with van der Waals surface area (Å²) in [6.45, 7) is 6.56. The molecule has 1 saturated heterocycles. The lowest BCUT2D eigenvalue weighted by molar-refractivity contribution is -0.202. The van der Waals surface area contributed by atoms with Crippen LogP contribution >= 0.6 is 11.8 Å². The van der Waals surface area contributed by atoms with Crippen molar-refractivity contribution in [3.8, 4) is 0 Å². The number of H-pyrrole nitrogens is 1. The number of pyridine rings is 2. The highest BCUT2D eigenvalue weighted by Gasteiger charge is 2.38. The second-order valence-electron chi connectivity index (χ2n) is 11.5. The number of nitrogens with one attached hydrogen (secondary N) is 2. The van der Waals surface area contributed by atoms with Crippen LogP contribution in [0.1, 0.15) is 71.5 Å². The number of amides is 1. The predicted molar refractivity (Wildman–Crippen MR) is 157 cm³/mol. The molecule has 4 heterocycles. The summed E-state index contributed by atoms with van der Waals surface area (Å²) < 4.78 is 31.8. The van der Waals surface area contributed by atoms with E-state index in [4.69, 9.17) is 4.98 Å². The van der Waals surface area contributed by atoms with Gasteiger partial charge in [0.25, 0.3) is 11.5 Å². The summed E-state index contributed by atoms with van der Waals surface area (Å²) in [6, 6.07) is 4.46. The molecule has 1 saturated carbocycles. The highest BCUT2D eigenvalue weighted by molar-refractivity contribution is 7.98. The van der Waals surface area contributed by atoms with Gasteiger partial charge in [0.1, 0.15) is 5.65 Å². The van der Waals surface area contributed by atoms with Gasteiger partial charge < -0.3 is 19.6 Å². The van der Waals surface area contributed by atoms with E-state index in [0.717, 1.165) is 58.6 Å². The number of aromatic nitrogens is 3. The van der Waals surface area contributed by atoms with Crippen LogP contribution in [0.4, 0.5) is 8.78 Å². The first-order valence-corrected chi connectivity index (χ1v) is 15.5. The summed E-state index contributed by atoms with van der Waals surface area (Å²) in [5.74, 6) is 0.184. The molecule has 1 aliphatic heterocycles. The molecule has 1 aliphatic carbocycles. The van der Waals surface area contributed by atoms with Crippen LogP contribution in [0.2, 0.25) is 0 Å². The van der Waals surface area contributed by atoms with E-state index >= 15 is 0 Å². The number of likely N-dealkylation sites (tertiary alicyclic amines) is 1. The van der Waals surface area contributed by atoms with Crippen LogP contribution in [-0.4, -0.2) is 63.4 Å². The minimum atomic E-state index is -2.71. The normalized spacial score (nSPS) is 20.9. The van der Waals surface area contributed by atoms with E-state index in [0.29, 0.717) is 36.2 Å². The fourth-order valence-electron chi connectivity index (χ4n) is 6.65. The third kappa shape index (κ3) is 6.08. The van der Waals surface area contributed by atoms with Crippen molar-refractivity contribution in [1.29, 1.82) is 0 Å². The Hall–Kier alpha value is -2.76. The van der Waals surface area contributed by atoms with Gasteiger partial charge in [-0.2, -0.15) is 8.78 Å². The second kappa shape index (κ2) is 12.2. The summed E-state index contributed by atoms with van der Waals surface area (Å²) in [5, 5.41) is 3.82. The summed E-state index contributed by atoms with van der Waals surface area (Å²) in [7, 11) is 0. The van der Waals surface area contributed by atoms with Crippen LogP contribution in [0.25, 0.3) is 11.0 Å². The number of nitrogens with zero attached hydrogens (tertiary/aromatic N) is 3. The molecule has 0 radical (unpaired) electrons.